The molecule has 0 heterocycles. The van der Waals surface area contributed by atoms with Crippen molar-refractivity contribution in [3.05, 3.63) is 23.2 Å². The van der Waals surface area contributed by atoms with Crippen molar-refractivity contribution in [2.24, 2.45) is 0 Å². The fourth-order valence-electron chi connectivity index (χ4n) is 1.03. The van der Waals surface area contributed by atoms with E-state index in [1.54, 1.807) is 0 Å². The van der Waals surface area contributed by atoms with Crippen LogP contribution in [0.15, 0.2) is 18.2 Å². The van der Waals surface area contributed by atoms with Crippen molar-refractivity contribution < 1.29 is 30.6 Å². The Morgan fingerprint density at radius 3 is 2.42 bits per heavy atom. The Balaban J connectivity index is 3.18. The summed E-state index contributed by atoms with van der Waals surface area (Å²) in [5.74, 6) is -1.31. The molecule has 0 aromatic heterocycles. The van der Waals surface area contributed by atoms with Crippen molar-refractivity contribution in [2.45, 2.75) is 12.4 Å². The number of carbonyl (C=O) groups excluding carboxylic acids is 1. The Bertz CT molecular complexity index is 600. The second-order valence-corrected chi connectivity index (χ2v) is 5.28. The summed E-state index contributed by atoms with van der Waals surface area (Å²) >= 11 is 5.58. The topological polar surface area (TPSA) is 72.5 Å². The van der Waals surface area contributed by atoms with E-state index in [0.29, 0.717) is 0 Å². The van der Waals surface area contributed by atoms with Gasteiger partial charge in [-0.05, 0) is 18.2 Å². The Morgan fingerprint density at radius 2 is 1.95 bits per heavy atom. The number of hydrogen-bond acceptors (Lipinski definition) is 4. The lowest BCUT2D eigenvalue weighted by Gasteiger charge is -2.13. The minimum Gasteiger partial charge on any atom is -0.374 e. The van der Waals surface area contributed by atoms with Crippen LogP contribution in [0.3, 0.4) is 0 Å². The minimum absolute atomic E-state index is 0.0838. The number of anilines is 1. The fourth-order valence-corrected chi connectivity index (χ4v) is 1.68. The second-order valence-electron chi connectivity index (χ2n) is 3.30. The maximum absolute atomic E-state index is 12.2. The highest BCUT2D eigenvalue weighted by molar-refractivity contribution is 7.88. The van der Waals surface area contributed by atoms with Crippen molar-refractivity contribution in [2.75, 3.05) is 5.32 Å². The number of hydrogen-bond donors (Lipinski definition) is 1. The molecule has 0 aliphatic rings. The molecule has 1 aromatic rings. The summed E-state index contributed by atoms with van der Waals surface area (Å²) in [5.41, 5.74) is -5.85. The van der Waals surface area contributed by atoms with Crippen molar-refractivity contribution in [3.63, 3.8) is 0 Å². The highest BCUT2D eigenvalue weighted by atomic mass is 35.5. The first-order chi connectivity index (χ1) is 8.53. The molecule has 0 spiro atoms. The van der Waals surface area contributed by atoms with Crippen LogP contribution in [-0.4, -0.2) is 19.8 Å². The van der Waals surface area contributed by atoms with Crippen molar-refractivity contribution in [1.82, 2.24) is 0 Å². The van der Waals surface area contributed by atoms with Gasteiger partial charge in [-0.15, -0.1) is 0 Å². The van der Waals surface area contributed by atoms with Crippen LogP contribution in [0.2, 0.25) is 5.02 Å². The van der Waals surface area contributed by atoms with E-state index in [9.17, 15) is 26.4 Å². The molecule has 0 saturated heterocycles. The Kier molecular flexibility index (Phi) is 4.31. The highest BCUT2D eigenvalue weighted by Gasteiger charge is 2.48. The van der Waals surface area contributed by atoms with E-state index in [0.717, 1.165) is 25.1 Å². The van der Waals surface area contributed by atoms with Gasteiger partial charge in [0.15, 0.2) is 5.75 Å². The summed E-state index contributed by atoms with van der Waals surface area (Å²) in [6.07, 6.45) is 0. The van der Waals surface area contributed by atoms with Crippen LogP contribution < -0.4 is 9.50 Å². The molecule has 10 heteroatoms. The quantitative estimate of drug-likeness (QED) is 0.687. The first kappa shape index (κ1) is 15.6. The van der Waals surface area contributed by atoms with Gasteiger partial charge in [-0.3, -0.25) is 4.79 Å². The summed E-state index contributed by atoms with van der Waals surface area (Å²) < 4.78 is 62.1. The smallest absolute Gasteiger partial charge is 0.374 e. The normalized spacial score (nSPS) is 12.1. The molecular formula is C9H7ClF3NO4S. The van der Waals surface area contributed by atoms with E-state index in [-0.39, 0.29) is 10.7 Å². The van der Waals surface area contributed by atoms with Crippen molar-refractivity contribution in [3.8, 4) is 5.75 Å². The predicted molar refractivity (Wildman–Crippen MR) is 61.4 cm³/mol. The molecule has 1 aromatic carbocycles. The average molecular weight is 318 g/mol. The highest BCUT2D eigenvalue weighted by Crippen LogP contribution is 2.33. The number of amides is 1. The second kappa shape index (κ2) is 5.25. The summed E-state index contributed by atoms with van der Waals surface area (Å²) in [5, 5.41) is 2.19. The molecule has 106 valence electrons. The molecule has 1 amide bonds. The first-order valence-corrected chi connectivity index (χ1v) is 6.39. The maximum Gasteiger partial charge on any atom is 0.534 e. The van der Waals surface area contributed by atoms with Gasteiger partial charge < -0.3 is 9.50 Å². The molecule has 0 unspecified atom stereocenters. The summed E-state index contributed by atoms with van der Waals surface area (Å²) in [6.45, 7) is 1.09. The third-order valence-corrected chi connectivity index (χ3v) is 2.94. The van der Waals surface area contributed by atoms with E-state index >= 15 is 0 Å². The van der Waals surface area contributed by atoms with E-state index in [2.05, 4.69) is 9.50 Å². The summed E-state index contributed by atoms with van der Waals surface area (Å²) in [4.78, 5) is 10.9. The van der Waals surface area contributed by atoms with E-state index < -0.39 is 27.3 Å². The van der Waals surface area contributed by atoms with Crippen molar-refractivity contribution >= 4 is 33.3 Å². The average Bonchev–Trinajstić information content (AvgIpc) is 2.19. The van der Waals surface area contributed by atoms with Gasteiger partial charge in [0.05, 0.1) is 5.69 Å². The number of halogens is 4. The fraction of sp³-hybridized carbons (Fsp3) is 0.222. The number of rotatable bonds is 3. The molecule has 0 radical (unpaired) electrons. The van der Waals surface area contributed by atoms with Gasteiger partial charge >= 0.3 is 15.6 Å². The molecule has 5 nitrogen and oxygen atoms in total. The minimum atomic E-state index is -5.82. The zero-order valence-electron chi connectivity index (χ0n) is 9.29. The van der Waals surface area contributed by atoms with Gasteiger partial charge in [-0.25, -0.2) is 0 Å². The lowest BCUT2D eigenvalue weighted by atomic mass is 10.3. The van der Waals surface area contributed by atoms with Gasteiger partial charge in [0, 0.05) is 11.9 Å². The van der Waals surface area contributed by atoms with Gasteiger partial charge in [0.1, 0.15) is 0 Å². The van der Waals surface area contributed by atoms with Crippen LogP contribution in [0.5, 0.6) is 5.75 Å². The SMILES string of the molecule is CC(=O)Nc1cc(Cl)ccc1OS(=O)(=O)C(F)(F)F. The third-order valence-electron chi connectivity index (χ3n) is 1.74. The van der Waals surface area contributed by atoms with E-state index in [4.69, 9.17) is 11.6 Å². The molecule has 0 atom stereocenters. The molecule has 19 heavy (non-hydrogen) atoms. The zero-order valence-corrected chi connectivity index (χ0v) is 10.9. The van der Waals surface area contributed by atoms with Gasteiger partial charge in [0.2, 0.25) is 5.91 Å². The number of carbonyl (C=O) groups is 1. The Morgan fingerprint density at radius 1 is 1.37 bits per heavy atom. The van der Waals surface area contributed by atoms with Gasteiger partial charge in [0.25, 0.3) is 0 Å². The largest absolute Gasteiger partial charge is 0.534 e. The first-order valence-electron chi connectivity index (χ1n) is 4.61. The van der Waals surface area contributed by atoms with Gasteiger partial charge in [-0.2, -0.15) is 21.6 Å². The molecule has 0 fully saturated rings. The van der Waals surface area contributed by atoms with Crippen LogP contribution in [-0.2, 0) is 14.9 Å². The zero-order chi connectivity index (χ0) is 14.8. The van der Waals surface area contributed by atoms with Crippen LogP contribution in [0.1, 0.15) is 6.92 Å². The maximum atomic E-state index is 12.2. The molecule has 0 bridgehead atoms. The Labute approximate surface area is 111 Å². The van der Waals surface area contributed by atoms with Crippen LogP contribution in [0, 0.1) is 0 Å². The van der Waals surface area contributed by atoms with E-state index in [1.165, 1.54) is 0 Å². The molecule has 0 aliphatic carbocycles. The molecular weight excluding hydrogens is 311 g/mol. The third kappa shape index (κ3) is 4.00. The lowest BCUT2D eigenvalue weighted by molar-refractivity contribution is -0.114. The van der Waals surface area contributed by atoms with Crippen LogP contribution in [0.25, 0.3) is 0 Å². The Hall–Kier alpha value is -1.48. The summed E-state index contributed by atoms with van der Waals surface area (Å²) in [7, 11) is -5.82. The molecule has 1 N–H and O–H groups in total. The molecule has 0 aliphatic heterocycles. The lowest BCUT2D eigenvalue weighted by Crippen LogP contribution is -2.28. The predicted octanol–water partition coefficient (Wildman–Crippen LogP) is 2.53. The standard InChI is InChI=1S/C9H7ClF3NO4S/c1-5(15)14-7-4-6(10)2-3-8(7)18-19(16,17)9(11,12)13/h2-4H,1H3,(H,14,15). The molecule has 0 saturated carbocycles. The van der Waals surface area contributed by atoms with Gasteiger partial charge in [-0.1, -0.05) is 11.6 Å². The van der Waals surface area contributed by atoms with E-state index in [1.807, 2.05) is 0 Å². The number of alkyl halides is 3. The molecule has 1 rings (SSSR count). The van der Waals surface area contributed by atoms with Crippen molar-refractivity contribution in [1.29, 1.82) is 0 Å². The monoisotopic (exact) mass is 317 g/mol. The number of benzene rings is 1. The van der Waals surface area contributed by atoms with Crippen LogP contribution >= 0.6 is 11.6 Å². The number of nitrogens with one attached hydrogen (secondary N) is 1. The van der Waals surface area contributed by atoms with Crippen LogP contribution in [0.4, 0.5) is 18.9 Å². The summed E-state index contributed by atoms with van der Waals surface area (Å²) in [6, 6.07) is 3.08.